The van der Waals surface area contributed by atoms with E-state index in [9.17, 15) is 4.79 Å². The molecule has 2 aromatic rings. The van der Waals surface area contributed by atoms with E-state index in [1.54, 1.807) is 18.5 Å². The summed E-state index contributed by atoms with van der Waals surface area (Å²) in [7, 11) is 0. The van der Waals surface area contributed by atoms with Crippen LogP contribution in [0.25, 0.3) is 6.08 Å². The SMILES string of the molecule is O=C1NC(COc2ccccc2)=N/C1=C/c1ccncc1. The first-order valence-corrected chi connectivity index (χ1v) is 6.50. The highest BCUT2D eigenvalue weighted by molar-refractivity contribution is 6.14. The second kappa shape index (κ2) is 6.00. The van der Waals surface area contributed by atoms with Crippen molar-refractivity contribution in [3.63, 3.8) is 0 Å². The van der Waals surface area contributed by atoms with E-state index in [0.29, 0.717) is 11.5 Å². The van der Waals surface area contributed by atoms with Gasteiger partial charge in [-0.05, 0) is 35.9 Å². The first-order chi connectivity index (χ1) is 10.3. The summed E-state index contributed by atoms with van der Waals surface area (Å²) in [6.45, 7) is 0.226. The molecule has 0 aliphatic carbocycles. The fourth-order valence-corrected chi connectivity index (χ4v) is 1.87. The van der Waals surface area contributed by atoms with Crippen LogP contribution in [0.5, 0.6) is 5.75 Å². The Morgan fingerprint density at radius 2 is 1.86 bits per heavy atom. The summed E-state index contributed by atoms with van der Waals surface area (Å²) < 4.78 is 5.55. The van der Waals surface area contributed by atoms with Crippen LogP contribution in [-0.2, 0) is 4.79 Å². The van der Waals surface area contributed by atoms with Crippen LogP contribution < -0.4 is 10.1 Å². The van der Waals surface area contributed by atoms with Gasteiger partial charge in [-0.1, -0.05) is 18.2 Å². The Morgan fingerprint density at radius 1 is 1.10 bits per heavy atom. The van der Waals surface area contributed by atoms with Gasteiger partial charge in [0.05, 0.1) is 0 Å². The number of hydrogen-bond donors (Lipinski definition) is 1. The number of aliphatic imine (C=N–C) groups is 1. The quantitative estimate of drug-likeness (QED) is 0.871. The summed E-state index contributed by atoms with van der Waals surface area (Å²) in [4.78, 5) is 20.0. The standard InChI is InChI=1S/C16H13N3O2/c20-16-14(10-12-6-8-17-9-7-12)18-15(19-16)11-21-13-4-2-1-3-5-13/h1-10H,11H2,(H,18,19,20)/b14-10+. The number of nitrogens with zero attached hydrogens (tertiary/aromatic N) is 2. The maximum Gasteiger partial charge on any atom is 0.275 e. The summed E-state index contributed by atoms with van der Waals surface area (Å²) in [6, 6.07) is 13.0. The molecule has 0 saturated heterocycles. The van der Waals surface area contributed by atoms with Crippen LogP contribution in [0.1, 0.15) is 5.56 Å². The van der Waals surface area contributed by atoms with E-state index in [0.717, 1.165) is 11.3 Å². The Balaban J connectivity index is 1.69. The van der Waals surface area contributed by atoms with Gasteiger partial charge in [0.15, 0.2) is 0 Å². The van der Waals surface area contributed by atoms with E-state index in [4.69, 9.17) is 4.74 Å². The molecular weight excluding hydrogens is 266 g/mol. The number of amidine groups is 1. The minimum absolute atomic E-state index is 0.224. The molecule has 1 aromatic carbocycles. The lowest BCUT2D eigenvalue weighted by atomic mass is 10.2. The number of benzene rings is 1. The third kappa shape index (κ3) is 3.33. The van der Waals surface area contributed by atoms with Crippen molar-refractivity contribution in [2.24, 2.45) is 4.99 Å². The first-order valence-electron chi connectivity index (χ1n) is 6.50. The van der Waals surface area contributed by atoms with Crippen LogP contribution in [0.2, 0.25) is 0 Å². The summed E-state index contributed by atoms with van der Waals surface area (Å²) >= 11 is 0. The van der Waals surface area contributed by atoms with Gasteiger partial charge in [0, 0.05) is 12.4 Å². The van der Waals surface area contributed by atoms with Crippen molar-refractivity contribution < 1.29 is 9.53 Å². The molecule has 0 atom stereocenters. The lowest BCUT2D eigenvalue weighted by molar-refractivity contribution is -0.115. The predicted octanol–water partition coefficient (Wildman–Crippen LogP) is 2.03. The zero-order chi connectivity index (χ0) is 14.5. The van der Waals surface area contributed by atoms with Gasteiger partial charge >= 0.3 is 0 Å². The Kier molecular flexibility index (Phi) is 3.73. The number of aromatic nitrogens is 1. The summed E-state index contributed by atoms with van der Waals surface area (Å²) in [5, 5.41) is 2.70. The average molecular weight is 279 g/mol. The zero-order valence-corrected chi connectivity index (χ0v) is 11.2. The highest BCUT2D eigenvalue weighted by atomic mass is 16.5. The number of amides is 1. The Hall–Kier alpha value is -2.95. The number of ether oxygens (including phenoxy) is 1. The minimum atomic E-state index is -0.224. The summed E-state index contributed by atoms with van der Waals surface area (Å²) in [5.41, 5.74) is 1.25. The van der Waals surface area contributed by atoms with Gasteiger partial charge in [0.25, 0.3) is 5.91 Å². The second-order valence-corrected chi connectivity index (χ2v) is 4.42. The molecule has 1 amide bonds. The molecule has 0 fully saturated rings. The molecule has 0 spiro atoms. The van der Waals surface area contributed by atoms with Crippen molar-refractivity contribution in [2.75, 3.05) is 6.61 Å². The Labute approximate surface area is 122 Å². The molecule has 0 saturated carbocycles. The number of rotatable bonds is 4. The van der Waals surface area contributed by atoms with Crippen molar-refractivity contribution in [2.45, 2.75) is 0 Å². The summed E-state index contributed by atoms with van der Waals surface area (Å²) in [5.74, 6) is 1.02. The first kappa shape index (κ1) is 13.1. The van der Waals surface area contributed by atoms with Crippen molar-refractivity contribution >= 4 is 17.8 Å². The molecule has 5 heteroatoms. The van der Waals surface area contributed by atoms with Crippen LogP contribution in [0, 0.1) is 0 Å². The number of carbonyl (C=O) groups excluding carboxylic acids is 1. The lowest BCUT2D eigenvalue weighted by Crippen LogP contribution is -2.28. The predicted molar refractivity (Wildman–Crippen MR) is 79.7 cm³/mol. The molecular formula is C16H13N3O2. The van der Waals surface area contributed by atoms with Crippen molar-refractivity contribution in [1.82, 2.24) is 10.3 Å². The molecule has 1 aliphatic heterocycles. The van der Waals surface area contributed by atoms with Crippen molar-refractivity contribution in [3.8, 4) is 5.75 Å². The minimum Gasteiger partial charge on any atom is -0.486 e. The molecule has 0 unspecified atom stereocenters. The molecule has 1 N–H and O–H groups in total. The van der Waals surface area contributed by atoms with Crippen LogP contribution in [0.15, 0.2) is 65.5 Å². The molecule has 2 heterocycles. The van der Waals surface area contributed by atoms with Gasteiger partial charge < -0.3 is 10.1 Å². The van der Waals surface area contributed by atoms with Crippen LogP contribution >= 0.6 is 0 Å². The van der Waals surface area contributed by atoms with E-state index in [2.05, 4.69) is 15.3 Å². The van der Waals surface area contributed by atoms with E-state index in [-0.39, 0.29) is 12.5 Å². The number of para-hydroxylation sites is 1. The fourth-order valence-electron chi connectivity index (χ4n) is 1.87. The molecule has 104 valence electrons. The molecule has 5 nitrogen and oxygen atoms in total. The maximum atomic E-state index is 11.8. The fraction of sp³-hybridized carbons (Fsp3) is 0.0625. The average Bonchev–Trinajstić information content (AvgIpc) is 2.87. The van der Waals surface area contributed by atoms with Crippen LogP contribution in [-0.4, -0.2) is 23.3 Å². The number of hydrogen-bond acceptors (Lipinski definition) is 4. The maximum absolute atomic E-state index is 11.8. The van der Waals surface area contributed by atoms with Crippen LogP contribution in [0.4, 0.5) is 0 Å². The van der Waals surface area contributed by atoms with Gasteiger partial charge in [-0.15, -0.1) is 0 Å². The Morgan fingerprint density at radius 3 is 2.62 bits per heavy atom. The summed E-state index contributed by atoms with van der Waals surface area (Å²) in [6.07, 6.45) is 5.05. The number of nitrogens with one attached hydrogen (secondary N) is 1. The highest BCUT2D eigenvalue weighted by Crippen LogP contribution is 2.13. The van der Waals surface area contributed by atoms with Gasteiger partial charge in [-0.25, -0.2) is 4.99 Å². The molecule has 3 rings (SSSR count). The van der Waals surface area contributed by atoms with Gasteiger partial charge in [-0.2, -0.15) is 0 Å². The smallest absolute Gasteiger partial charge is 0.275 e. The number of carbonyl (C=O) groups is 1. The highest BCUT2D eigenvalue weighted by Gasteiger charge is 2.20. The van der Waals surface area contributed by atoms with Gasteiger partial charge in [0.2, 0.25) is 0 Å². The van der Waals surface area contributed by atoms with E-state index < -0.39 is 0 Å². The second-order valence-electron chi connectivity index (χ2n) is 4.42. The molecule has 0 radical (unpaired) electrons. The third-order valence-electron chi connectivity index (χ3n) is 2.87. The third-order valence-corrected chi connectivity index (χ3v) is 2.87. The molecule has 21 heavy (non-hydrogen) atoms. The Bertz CT molecular complexity index is 694. The monoisotopic (exact) mass is 279 g/mol. The van der Waals surface area contributed by atoms with Crippen LogP contribution in [0.3, 0.4) is 0 Å². The number of pyridine rings is 1. The normalized spacial score (nSPS) is 15.7. The topological polar surface area (TPSA) is 63.6 Å². The van der Waals surface area contributed by atoms with E-state index >= 15 is 0 Å². The largest absolute Gasteiger partial charge is 0.486 e. The zero-order valence-electron chi connectivity index (χ0n) is 11.2. The lowest BCUT2D eigenvalue weighted by Gasteiger charge is -2.04. The molecule has 1 aromatic heterocycles. The van der Waals surface area contributed by atoms with Gasteiger partial charge in [0.1, 0.15) is 23.9 Å². The molecule has 0 bridgehead atoms. The van der Waals surface area contributed by atoms with Gasteiger partial charge in [-0.3, -0.25) is 9.78 Å². The van der Waals surface area contributed by atoms with Crippen molar-refractivity contribution in [1.29, 1.82) is 0 Å². The van der Waals surface area contributed by atoms with Crippen molar-refractivity contribution in [3.05, 3.63) is 66.1 Å². The van der Waals surface area contributed by atoms with E-state index in [1.807, 2.05) is 42.5 Å². The van der Waals surface area contributed by atoms with E-state index in [1.165, 1.54) is 0 Å². The molecule has 1 aliphatic rings.